The van der Waals surface area contributed by atoms with Crippen LogP contribution in [0.5, 0.6) is 0 Å². The van der Waals surface area contributed by atoms with Gasteiger partial charge in [-0.25, -0.2) is 18.7 Å². The maximum absolute atomic E-state index is 16.0. The van der Waals surface area contributed by atoms with Crippen LogP contribution in [0, 0.1) is 28.4 Å². The molecule has 2 N–H and O–H groups in total. The number of halogens is 4. The summed E-state index contributed by atoms with van der Waals surface area (Å²) in [4.78, 5) is 26.3. The van der Waals surface area contributed by atoms with Crippen molar-refractivity contribution in [2.45, 2.75) is 50.6 Å². The Balaban J connectivity index is 1.80. The van der Waals surface area contributed by atoms with Crippen molar-refractivity contribution in [1.82, 2.24) is 9.97 Å². The summed E-state index contributed by atoms with van der Waals surface area (Å²) in [6.07, 6.45) is 3.40. The van der Waals surface area contributed by atoms with Crippen LogP contribution in [0.15, 0.2) is 48.8 Å². The van der Waals surface area contributed by atoms with E-state index >= 15 is 8.78 Å². The molecule has 0 saturated carbocycles. The van der Waals surface area contributed by atoms with Crippen LogP contribution in [0.25, 0.3) is 0 Å². The molecular formula is C31H32Cl2F2N6O2. The van der Waals surface area contributed by atoms with Gasteiger partial charge in [0, 0.05) is 29.6 Å². The van der Waals surface area contributed by atoms with E-state index in [0.717, 1.165) is 6.07 Å². The van der Waals surface area contributed by atoms with Gasteiger partial charge in [0.1, 0.15) is 23.1 Å². The van der Waals surface area contributed by atoms with Crippen LogP contribution in [0.1, 0.15) is 44.2 Å². The third kappa shape index (κ3) is 5.62. The van der Waals surface area contributed by atoms with E-state index in [9.17, 15) is 10.1 Å². The Hall–Kier alpha value is -3.52. The molecule has 8 nitrogen and oxygen atoms in total. The lowest BCUT2D eigenvalue weighted by molar-refractivity contribution is -0.119. The summed E-state index contributed by atoms with van der Waals surface area (Å²) in [7, 11) is 0. The maximum atomic E-state index is 16.0. The van der Waals surface area contributed by atoms with Crippen molar-refractivity contribution in [2.24, 2.45) is 11.1 Å². The number of morpholine rings is 1. The number of ether oxygens (including phenoxy) is 1. The maximum Gasteiger partial charge on any atom is 0.240 e. The van der Waals surface area contributed by atoms with Crippen LogP contribution in [0.3, 0.4) is 0 Å². The lowest BCUT2D eigenvalue weighted by Gasteiger charge is -2.40. The summed E-state index contributed by atoms with van der Waals surface area (Å²) in [6, 6.07) is 8.54. The Morgan fingerprint density at radius 2 is 1.84 bits per heavy atom. The van der Waals surface area contributed by atoms with E-state index in [1.165, 1.54) is 30.3 Å². The van der Waals surface area contributed by atoms with Gasteiger partial charge in [-0.1, -0.05) is 62.2 Å². The monoisotopic (exact) mass is 628 g/mol. The molecule has 2 saturated heterocycles. The van der Waals surface area contributed by atoms with Gasteiger partial charge < -0.3 is 20.3 Å². The van der Waals surface area contributed by atoms with Gasteiger partial charge in [0.25, 0.3) is 0 Å². The van der Waals surface area contributed by atoms with E-state index in [0.29, 0.717) is 37.9 Å². The molecule has 1 amide bonds. The minimum absolute atomic E-state index is 0.0283. The van der Waals surface area contributed by atoms with E-state index in [2.05, 4.69) is 16.0 Å². The van der Waals surface area contributed by atoms with E-state index in [4.69, 9.17) is 33.7 Å². The quantitative estimate of drug-likeness (QED) is 0.377. The first-order valence-electron chi connectivity index (χ1n) is 13.9. The molecule has 0 bridgehead atoms. The second-order valence-corrected chi connectivity index (χ2v) is 12.9. The van der Waals surface area contributed by atoms with Crippen molar-refractivity contribution in [3.63, 3.8) is 0 Å². The SMILES string of the molecule is CC(C)(C)CC1N(c2cnc(N3CCOCC3)nc2)C(C(N)=O)C(c2cccc(Cl)c2F)C1(C#N)c1ccc(Cl)cc1F. The zero-order chi connectivity index (χ0) is 31.1. The van der Waals surface area contributed by atoms with E-state index in [1.54, 1.807) is 17.3 Å². The second-order valence-electron chi connectivity index (χ2n) is 12.1. The van der Waals surface area contributed by atoms with Gasteiger partial charge in [0.2, 0.25) is 11.9 Å². The first-order valence-corrected chi connectivity index (χ1v) is 14.7. The summed E-state index contributed by atoms with van der Waals surface area (Å²) < 4.78 is 37.4. The predicted octanol–water partition coefficient (Wildman–Crippen LogP) is 5.62. The molecular weight excluding hydrogens is 597 g/mol. The number of rotatable bonds is 6. The third-order valence-electron chi connectivity index (χ3n) is 8.16. The molecule has 4 unspecified atom stereocenters. The topological polar surface area (TPSA) is 108 Å². The number of benzene rings is 2. The minimum atomic E-state index is -1.82. The van der Waals surface area contributed by atoms with Crippen molar-refractivity contribution in [3.8, 4) is 6.07 Å². The first kappa shape index (κ1) is 30.9. The summed E-state index contributed by atoms with van der Waals surface area (Å²) in [5.74, 6) is -3.20. The van der Waals surface area contributed by atoms with Crippen LogP contribution in [-0.4, -0.2) is 54.3 Å². The van der Waals surface area contributed by atoms with Gasteiger partial charge in [-0.3, -0.25) is 4.79 Å². The van der Waals surface area contributed by atoms with Crippen molar-refractivity contribution in [2.75, 3.05) is 36.1 Å². The second kappa shape index (κ2) is 11.9. The van der Waals surface area contributed by atoms with Crippen molar-refractivity contribution in [3.05, 3.63) is 81.6 Å². The molecule has 5 rings (SSSR count). The standard InChI is InChI=1S/C31H32Cl2F2N6O2/c1-30(2,3)14-24-31(17-36,21-8-7-18(32)13-23(21)34)25(20-5-4-6-22(33)26(20)35)27(28(37)42)41(24)19-15-38-29(39-16-19)40-9-11-43-12-10-40/h4-8,13,15-16,24-25,27H,9-12,14H2,1-3H3,(H2,37,42). The predicted molar refractivity (Wildman–Crippen MR) is 161 cm³/mol. The molecule has 3 heterocycles. The molecule has 2 fully saturated rings. The van der Waals surface area contributed by atoms with Crippen molar-refractivity contribution in [1.29, 1.82) is 5.26 Å². The van der Waals surface area contributed by atoms with Crippen LogP contribution in [0.4, 0.5) is 20.4 Å². The number of hydrogen-bond acceptors (Lipinski definition) is 7. The smallest absolute Gasteiger partial charge is 0.240 e. The fourth-order valence-electron chi connectivity index (χ4n) is 6.44. The molecule has 2 aliphatic heterocycles. The normalized spacial score (nSPS) is 24.2. The fourth-order valence-corrected chi connectivity index (χ4v) is 6.78. The number of hydrogen-bond donors (Lipinski definition) is 1. The van der Waals surface area contributed by atoms with E-state index in [1.807, 2.05) is 25.7 Å². The Morgan fingerprint density at radius 1 is 1.16 bits per heavy atom. The van der Waals surface area contributed by atoms with Crippen molar-refractivity contribution < 1.29 is 18.3 Å². The molecule has 43 heavy (non-hydrogen) atoms. The zero-order valence-electron chi connectivity index (χ0n) is 24.0. The lowest BCUT2D eigenvalue weighted by Crippen LogP contribution is -2.48. The number of nitrogens with zero attached hydrogens (tertiary/aromatic N) is 5. The number of anilines is 2. The number of nitrogens with two attached hydrogens (primary N) is 1. The average Bonchev–Trinajstić information content (AvgIpc) is 3.24. The number of carbonyl (C=O) groups excluding carboxylic acids is 1. The van der Waals surface area contributed by atoms with E-state index in [-0.39, 0.29) is 27.6 Å². The highest BCUT2D eigenvalue weighted by Crippen LogP contribution is 2.57. The van der Waals surface area contributed by atoms with Crippen LogP contribution < -0.4 is 15.5 Å². The number of amides is 1. The summed E-state index contributed by atoms with van der Waals surface area (Å²) in [5.41, 5.74) is 4.17. The van der Waals surface area contributed by atoms with E-state index < -0.39 is 46.4 Å². The zero-order valence-corrected chi connectivity index (χ0v) is 25.5. The minimum Gasteiger partial charge on any atom is -0.378 e. The Bertz CT molecular complexity index is 1560. The summed E-state index contributed by atoms with van der Waals surface area (Å²) in [6.45, 7) is 8.21. The highest BCUT2D eigenvalue weighted by atomic mass is 35.5. The van der Waals surface area contributed by atoms with Crippen LogP contribution >= 0.6 is 23.2 Å². The molecule has 2 aromatic carbocycles. The molecule has 12 heteroatoms. The molecule has 226 valence electrons. The molecule has 0 aliphatic carbocycles. The Labute approximate surface area is 259 Å². The van der Waals surface area contributed by atoms with Gasteiger partial charge >= 0.3 is 0 Å². The van der Waals surface area contributed by atoms with Gasteiger partial charge in [-0.05, 0) is 35.6 Å². The summed E-state index contributed by atoms with van der Waals surface area (Å²) in [5, 5.41) is 11.1. The van der Waals surface area contributed by atoms with Crippen LogP contribution in [-0.2, 0) is 14.9 Å². The van der Waals surface area contributed by atoms with Crippen LogP contribution in [0.2, 0.25) is 10.0 Å². The largest absolute Gasteiger partial charge is 0.378 e. The molecule has 3 aromatic rings. The van der Waals surface area contributed by atoms with Gasteiger partial charge in [-0.15, -0.1) is 0 Å². The molecule has 0 radical (unpaired) electrons. The molecule has 0 spiro atoms. The number of aromatic nitrogens is 2. The summed E-state index contributed by atoms with van der Waals surface area (Å²) >= 11 is 12.4. The number of primary amides is 1. The van der Waals surface area contributed by atoms with Gasteiger partial charge in [0.15, 0.2) is 0 Å². The fraction of sp³-hybridized carbons (Fsp3) is 0.419. The highest BCUT2D eigenvalue weighted by Gasteiger charge is 2.65. The van der Waals surface area contributed by atoms with Gasteiger partial charge in [0.05, 0.1) is 48.4 Å². The average molecular weight is 630 g/mol. The molecule has 1 aromatic heterocycles. The van der Waals surface area contributed by atoms with Gasteiger partial charge in [-0.2, -0.15) is 5.26 Å². The molecule has 2 aliphatic rings. The highest BCUT2D eigenvalue weighted by molar-refractivity contribution is 6.31. The first-order chi connectivity index (χ1) is 20.4. The number of carbonyl (C=O) groups is 1. The molecule has 4 atom stereocenters. The number of nitriles is 1. The Morgan fingerprint density at radius 3 is 2.42 bits per heavy atom. The van der Waals surface area contributed by atoms with Crippen molar-refractivity contribution >= 4 is 40.7 Å². The third-order valence-corrected chi connectivity index (χ3v) is 8.69. The lowest BCUT2D eigenvalue weighted by atomic mass is 9.62. The Kier molecular flexibility index (Phi) is 8.54.